The number of aromatic nitrogens is 1. The molecule has 0 N–H and O–H groups in total. The Morgan fingerprint density at radius 1 is 1.10 bits per heavy atom. The topological polar surface area (TPSA) is 22.1 Å². The molecule has 2 aromatic rings. The van der Waals surface area contributed by atoms with E-state index in [1.54, 1.807) is 12.1 Å². The number of ether oxygens (including phenoxy) is 1. The van der Waals surface area contributed by atoms with Gasteiger partial charge in [0.15, 0.2) is 0 Å². The number of fused-ring (bicyclic) bond motifs is 1. The average molecular weight is 285 g/mol. The summed E-state index contributed by atoms with van der Waals surface area (Å²) < 4.78 is 42.5. The molecule has 1 aromatic heterocycles. The monoisotopic (exact) mass is 285 g/mol. The van der Waals surface area contributed by atoms with E-state index in [9.17, 15) is 13.2 Å². The molecular formula is C15H18F3NO. The van der Waals surface area contributed by atoms with Crippen molar-refractivity contribution in [2.75, 3.05) is 0 Å². The number of halogens is 3. The summed E-state index contributed by atoms with van der Waals surface area (Å²) in [5, 5.41) is 0.555. The van der Waals surface area contributed by atoms with Crippen LogP contribution in [0.4, 0.5) is 13.2 Å². The number of hydrogen-bond acceptors (Lipinski definition) is 2. The van der Waals surface area contributed by atoms with E-state index in [-0.39, 0.29) is 17.2 Å². The molecule has 0 saturated carbocycles. The minimum Gasteiger partial charge on any atom is -0.416 e. The summed E-state index contributed by atoms with van der Waals surface area (Å²) in [6, 6.07) is 4.50. The van der Waals surface area contributed by atoms with Crippen LogP contribution in [0, 0.1) is 5.82 Å². The molecule has 0 aliphatic carbocycles. The molecule has 0 fully saturated rings. The lowest BCUT2D eigenvalue weighted by atomic mass is 9.97. The Morgan fingerprint density at radius 2 is 1.75 bits per heavy atom. The molecule has 2 rings (SSSR count). The van der Waals surface area contributed by atoms with Gasteiger partial charge in [-0.15, -0.1) is 0 Å². The summed E-state index contributed by atoms with van der Waals surface area (Å²) in [6.07, 6.45) is 1.34. The number of alkyl halides is 2. The van der Waals surface area contributed by atoms with Crippen LogP contribution in [0.3, 0.4) is 0 Å². The van der Waals surface area contributed by atoms with Crippen molar-refractivity contribution >= 4 is 10.8 Å². The average Bonchev–Trinajstić information content (AvgIpc) is 2.40. The second-order valence-electron chi connectivity index (χ2n) is 4.21. The molecule has 20 heavy (non-hydrogen) atoms. The molecule has 1 aromatic carbocycles. The SMILES string of the molecule is CC.CC(C)c1ccc(F)c2c(OC(F)F)nccc12. The second-order valence-corrected chi connectivity index (χ2v) is 4.21. The lowest BCUT2D eigenvalue weighted by molar-refractivity contribution is -0.0517. The molecule has 0 amide bonds. The third kappa shape index (κ3) is 3.40. The first-order valence-corrected chi connectivity index (χ1v) is 6.52. The fraction of sp³-hybridized carbons (Fsp3) is 0.400. The zero-order valence-electron chi connectivity index (χ0n) is 12.0. The predicted molar refractivity (Wildman–Crippen MR) is 73.8 cm³/mol. The molecule has 0 radical (unpaired) electrons. The molecule has 0 aliphatic rings. The highest BCUT2D eigenvalue weighted by Gasteiger charge is 2.16. The number of pyridine rings is 1. The third-order valence-electron chi connectivity index (χ3n) is 2.70. The van der Waals surface area contributed by atoms with Crippen LogP contribution in [-0.2, 0) is 0 Å². The van der Waals surface area contributed by atoms with Gasteiger partial charge in [0.1, 0.15) is 5.82 Å². The van der Waals surface area contributed by atoms with Crippen molar-refractivity contribution < 1.29 is 17.9 Å². The molecule has 0 saturated heterocycles. The summed E-state index contributed by atoms with van der Waals surface area (Å²) in [5.74, 6) is -0.837. The van der Waals surface area contributed by atoms with Gasteiger partial charge in [-0.1, -0.05) is 33.8 Å². The minimum atomic E-state index is -3.02. The van der Waals surface area contributed by atoms with Crippen LogP contribution < -0.4 is 4.74 Å². The molecule has 5 heteroatoms. The van der Waals surface area contributed by atoms with Crippen LogP contribution in [-0.4, -0.2) is 11.6 Å². The van der Waals surface area contributed by atoms with Gasteiger partial charge in [-0.3, -0.25) is 0 Å². The molecule has 0 atom stereocenters. The van der Waals surface area contributed by atoms with E-state index in [1.807, 2.05) is 27.7 Å². The maximum Gasteiger partial charge on any atom is 0.388 e. The van der Waals surface area contributed by atoms with Gasteiger partial charge in [0.2, 0.25) is 5.88 Å². The van der Waals surface area contributed by atoms with Crippen molar-refractivity contribution in [3.8, 4) is 5.88 Å². The molecule has 110 valence electrons. The van der Waals surface area contributed by atoms with Crippen LogP contribution >= 0.6 is 0 Å². The lowest BCUT2D eigenvalue weighted by Gasteiger charge is -2.13. The summed E-state index contributed by atoms with van der Waals surface area (Å²) in [6.45, 7) is 4.87. The number of benzene rings is 1. The Kier molecular flexibility index (Phi) is 5.80. The maximum atomic E-state index is 13.8. The van der Waals surface area contributed by atoms with E-state index < -0.39 is 12.4 Å². The second kappa shape index (κ2) is 7.12. The normalized spacial score (nSPS) is 10.7. The summed E-state index contributed by atoms with van der Waals surface area (Å²) in [7, 11) is 0. The van der Waals surface area contributed by atoms with E-state index in [1.165, 1.54) is 12.3 Å². The van der Waals surface area contributed by atoms with Gasteiger partial charge in [0, 0.05) is 6.20 Å². The van der Waals surface area contributed by atoms with E-state index in [0.29, 0.717) is 5.39 Å². The largest absolute Gasteiger partial charge is 0.416 e. The highest BCUT2D eigenvalue weighted by atomic mass is 19.3. The van der Waals surface area contributed by atoms with Crippen molar-refractivity contribution in [3.63, 3.8) is 0 Å². The van der Waals surface area contributed by atoms with Gasteiger partial charge >= 0.3 is 6.61 Å². The van der Waals surface area contributed by atoms with E-state index in [4.69, 9.17) is 0 Å². The van der Waals surface area contributed by atoms with E-state index in [0.717, 1.165) is 5.56 Å². The maximum absolute atomic E-state index is 13.8. The van der Waals surface area contributed by atoms with Gasteiger partial charge in [-0.2, -0.15) is 8.78 Å². The number of nitrogens with zero attached hydrogens (tertiary/aromatic N) is 1. The molecule has 0 spiro atoms. The first kappa shape index (κ1) is 16.3. The van der Waals surface area contributed by atoms with Crippen molar-refractivity contribution in [1.29, 1.82) is 0 Å². The quantitative estimate of drug-likeness (QED) is 0.780. The Balaban J connectivity index is 0.000000956. The lowest BCUT2D eigenvalue weighted by Crippen LogP contribution is -2.05. The highest BCUT2D eigenvalue weighted by Crippen LogP contribution is 2.32. The molecule has 0 unspecified atom stereocenters. The van der Waals surface area contributed by atoms with Gasteiger partial charge in [-0.05, 0) is 29.0 Å². The third-order valence-corrected chi connectivity index (χ3v) is 2.70. The fourth-order valence-electron chi connectivity index (χ4n) is 1.93. The van der Waals surface area contributed by atoms with Gasteiger partial charge in [-0.25, -0.2) is 9.37 Å². The van der Waals surface area contributed by atoms with Crippen LogP contribution in [0.15, 0.2) is 24.4 Å². The molecule has 2 nitrogen and oxygen atoms in total. The Labute approximate surface area is 116 Å². The van der Waals surface area contributed by atoms with Gasteiger partial charge < -0.3 is 4.74 Å². The zero-order chi connectivity index (χ0) is 15.3. The number of hydrogen-bond donors (Lipinski definition) is 0. The van der Waals surface area contributed by atoms with Crippen molar-refractivity contribution in [2.24, 2.45) is 0 Å². The smallest absolute Gasteiger partial charge is 0.388 e. The summed E-state index contributed by atoms with van der Waals surface area (Å²) >= 11 is 0. The molecule has 0 aliphatic heterocycles. The Hall–Kier alpha value is -1.78. The summed E-state index contributed by atoms with van der Waals surface area (Å²) in [5.41, 5.74) is 0.868. The fourth-order valence-corrected chi connectivity index (χ4v) is 1.93. The van der Waals surface area contributed by atoms with Gasteiger partial charge in [0.05, 0.1) is 5.39 Å². The van der Waals surface area contributed by atoms with Crippen LogP contribution in [0.5, 0.6) is 5.88 Å². The summed E-state index contributed by atoms with van der Waals surface area (Å²) in [4.78, 5) is 3.67. The Bertz CT molecular complexity index is 570. The van der Waals surface area contributed by atoms with Gasteiger partial charge in [0.25, 0.3) is 0 Å². The zero-order valence-corrected chi connectivity index (χ0v) is 12.0. The van der Waals surface area contributed by atoms with Crippen LogP contribution in [0.25, 0.3) is 10.8 Å². The van der Waals surface area contributed by atoms with Crippen molar-refractivity contribution in [2.45, 2.75) is 40.2 Å². The first-order chi connectivity index (χ1) is 9.50. The predicted octanol–water partition coefficient (Wildman–Crippen LogP) is 5.12. The van der Waals surface area contributed by atoms with E-state index >= 15 is 0 Å². The van der Waals surface area contributed by atoms with Crippen molar-refractivity contribution in [1.82, 2.24) is 4.98 Å². The van der Waals surface area contributed by atoms with Crippen molar-refractivity contribution in [3.05, 3.63) is 35.8 Å². The minimum absolute atomic E-state index is 0.00370. The molecule has 0 bridgehead atoms. The van der Waals surface area contributed by atoms with E-state index in [2.05, 4.69) is 9.72 Å². The first-order valence-electron chi connectivity index (χ1n) is 6.52. The highest BCUT2D eigenvalue weighted by molar-refractivity contribution is 5.90. The molecular weight excluding hydrogens is 267 g/mol. The standard InChI is InChI=1S/C13H12F3NO.C2H6/c1-7(2)8-3-4-10(14)11-9(8)5-6-17-12(11)18-13(15)16;1-2/h3-7,13H,1-2H3;1-2H3. The van der Waals surface area contributed by atoms with Crippen LogP contribution in [0.1, 0.15) is 39.2 Å². The Morgan fingerprint density at radius 3 is 2.30 bits per heavy atom. The molecule has 1 heterocycles. The number of rotatable bonds is 3. The van der Waals surface area contributed by atoms with Crippen LogP contribution in [0.2, 0.25) is 0 Å².